The molecule has 0 saturated heterocycles. The highest BCUT2D eigenvalue weighted by molar-refractivity contribution is 5.97. The number of nitrogens with zero attached hydrogens (tertiary/aromatic N) is 2. The second-order valence-electron chi connectivity index (χ2n) is 7.82. The van der Waals surface area contributed by atoms with Crippen molar-refractivity contribution in [3.05, 3.63) is 34.2 Å². The lowest BCUT2D eigenvalue weighted by Gasteiger charge is -2.34. The molecule has 8 heteroatoms. The molecule has 8 nitrogen and oxygen atoms in total. The fraction of sp³-hybridized carbons (Fsp3) is 0.619. The third-order valence-corrected chi connectivity index (χ3v) is 3.80. The van der Waals surface area contributed by atoms with Crippen LogP contribution in [-0.4, -0.2) is 47.4 Å². The second-order valence-corrected chi connectivity index (χ2v) is 7.82. The molecule has 1 rings (SSSR count). The number of rotatable bonds is 6. The van der Waals surface area contributed by atoms with E-state index in [1.807, 2.05) is 13.8 Å². The van der Waals surface area contributed by atoms with Gasteiger partial charge in [0.05, 0.1) is 11.6 Å². The van der Waals surface area contributed by atoms with Gasteiger partial charge in [-0.15, -0.1) is 4.91 Å². The van der Waals surface area contributed by atoms with Crippen LogP contribution in [0.4, 0.5) is 4.79 Å². The molecular formula is C21H34N2O6. The molecule has 164 valence electrons. The highest BCUT2D eigenvalue weighted by atomic mass is 16.6. The summed E-state index contributed by atoms with van der Waals surface area (Å²) in [6.07, 6.45) is 0.649. The molecule has 29 heavy (non-hydrogen) atoms. The second kappa shape index (κ2) is 12.2. The van der Waals surface area contributed by atoms with Crippen molar-refractivity contribution in [2.45, 2.75) is 72.6 Å². The average molecular weight is 411 g/mol. The number of amides is 2. The van der Waals surface area contributed by atoms with Crippen LogP contribution in [0.5, 0.6) is 5.75 Å². The average Bonchev–Trinajstić information content (AvgIpc) is 2.60. The minimum Gasteiger partial charge on any atom is -0.507 e. The summed E-state index contributed by atoms with van der Waals surface area (Å²) in [6.45, 7) is 13.8. The van der Waals surface area contributed by atoms with E-state index in [1.165, 1.54) is 12.1 Å². The molecular weight excluding hydrogens is 376 g/mol. The van der Waals surface area contributed by atoms with Crippen LogP contribution in [0.25, 0.3) is 0 Å². The number of hydrogen-bond acceptors (Lipinski definition) is 6. The van der Waals surface area contributed by atoms with Crippen LogP contribution in [0.3, 0.4) is 0 Å². The lowest BCUT2D eigenvalue weighted by molar-refractivity contribution is 0.0100. The van der Waals surface area contributed by atoms with Crippen molar-refractivity contribution in [3.63, 3.8) is 0 Å². The smallest absolute Gasteiger partial charge is 0.411 e. The van der Waals surface area contributed by atoms with Gasteiger partial charge in [-0.2, -0.15) is 0 Å². The Balaban J connectivity index is 0.00000139. The summed E-state index contributed by atoms with van der Waals surface area (Å²) in [5.74, 6) is -1.39. The topological polar surface area (TPSA) is 106 Å². The summed E-state index contributed by atoms with van der Waals surface area (Å²) in [5, 5.41) is 12.2. The molecule has 1 aromatic rings. The van der Waals surface area contributed by atoms with Crippen LogP contribution in [0.2, 0.25) is 0 Å². The van der Waals surface area contributed by atoms with Crippen LogP contribution in [-0.2, 0) is 9.47 Å². The van der Waals surface area contributed by atoms with Gasteiger partial charge in [0.2, 0.25) is 0 Å². The minimum absolute atomic E-state index is 0.144. The molecule has 1 atom stereocenters. The van der Waals surface area contributed by atoms with Crippen molar-refractivity contribution in [2.75, 3.05) is 13.7 Å². The minimum atomic E-state index is -1.04. The van der Waals surface area contributed by atoms with Crippen molar-refractivity contribution in [2.24, 2.45) is 5.18 Å². The molecule has 0 aliphatic carbocycles. The first-order chi connectivity index (χ1) is 13.4. The van der Waals surface area contributed by atoms with Gasteiger partial charge in [0, 0.05) is 24.9 Å². The third kappa shape index (κ3) is 9.04. The lowest BCUT2D eigenvalue weighted by Crippen LogP contribution is -2.42. The summed E-state index contributed by atoms with van der Waals surface area (Å²) in [4.78, 5) is 35.6. The highest BCUT2D eigenvalue weighted by Gasteiger charge is 2.29. The molecule has 2 amide bonds. The maximum absolute atomic E-state index is 12.5. The van der Waals surface area contributed by atoms with E-state index >= 15 is 0 Å². The Morgan fingerprint density at radius 3 is 2.14 bits per heavy atom. The maximum Gasteiger partial charge on any atom is 0.411 e. The predicted molar refractivity (Wildman–Crippen MR) is 112 cm³/mol. The van der Waals surface area contributed by atoms with Gasteiger partial charge in [-0.05, 0) is 65.7 Å². The summed E-state index contributed by atoms with van der Waals surface area (Å²) in [6, 6.07) is 3.69. The van der Waals surface area contributed by atoms with Gasteiger partial charge in [0.15, 0.2) is 0 Å². The third-order valence-electron chi connectivity index (χ3n) is 3.80. The van der Waals surface area contributed by atoms with E-state index < -0.39 is 23.6 Å². The molecule has 0 spiro atoms. The van der Waals surface area contributed by atoms with Crippen molar-refractivity contribution in [1.82, 2.24) is 4.90 Å². The molecule has 1 N–H and O–H groups in total. The molecule has 0 saturated carbocycles. The van der Waals surface area contributed by atoms with Gasteiger partial charge in [0.1, 0.15) is 11.4 Å². The summed E-state index contributed by atoms with van der Waals surface area (Å²) < 4.78 is 10.1. The predicted octanol–water partition coefficient (Wildman–Crippen LogP) is 5.05. The monoisotopic (exact) mass is 410 g/mol. The molecule has 0 heterocycles. The Morgan fingerprint density at radius 2 is 1.79 bits per heavy atom. The maximum atomic E-state index is 12.5. The number of aromatic hydroxyl groups is 1. The zero-order chi connectivity index (χ0) is 22.8. The van der Waals surface area contributed by atoms with E-state index in [0.717, 1.165) is 13.0 Å². The summed E-state index contributed by atoms with van der Waals surface area (Å²) >= 11 is 0. The fourth-order valence-electron chi connectivity index (χ4n) is 2.53. The molecule has 0 aromatic heterocycles. The number of benzene rings is 1. The van der Waals surface area contributed by atoms with Gasteiger partial charge in [-0.25, -0.2) is 4.79 Å². The zero-order valence-electron chi connectivity index (χ0n) is 18.7. The Morgan fingerprint density at radius 1 is 1.21 bits per heavy atom. The number of phenolic OH excluding ortho intramolecular Hbond substituents is 1. The Bertz CT molecular complexity index is 680. The van der Waals surface area contributed by atoms with Gasteiger partial charge in [-0.3, -0.25) is 9.69 Å². The first kappa shape index (κ1) is 26.5. The van der Waals surface area contributed by atoms with E-state index in [4.69, 9.17) is 9.47 Å². The Labute approximate surface area is 173 Å². The van der Waals surface area contributed by atoms with Crippen LogP contribution in [0.15, 0.2) is 23.4 Å². The van der Waals surface area contributed by atoms with Gasteiger partial charge in [0.25, 0.3) is 0 Å². The fourth-order valence-corrected chi connectivity index (χ4v) is 2.53. The van der Waals surface area contributed by atoms with Gasteiger partial charge < -0.3 is 14.6 Å². The molecule has 0 bridgehead atoms. The van der Waals surface area contributed by atoms with E-state index in [1.54, 1.807) is 45.8 Å². The van der Waals surface area contributed by atoms with Gasteiger partial charge in [-0.1, -0.05) is 13.0 Å². The first-order valence-corrected chi connectivity index (χ1v) is 9.60. The SMILES string of the molecule is CC(C)N(C(=O)OC(C)(C)C)C(C)c1ccc(C(=O)N=O)c(O)c1.CCCOC. The molecule has 0 fully saturated rings. The van der Waals surface area contributed by atoms with Crippen LogP contribution in [0, 0.1) is 4.91 Å². The number of ether oxygens (including phenoxy) is 2. The number of methoxy groups -OCH3 is 1. The standard InChI is InChI=1S/C17H24N2O5.C4H10O/c1-10(2)19(16(22)24-17(4,5)6)11(3)12-7-8-13(14(20)9-12)15(21)18-23;1-3-4-5-2/h7-11,20H,1-6H3;3-4H2,1-2H3. The van der Waals surface area contributed by atoms with Gasteiger partial charge >= 0.3 is 12.0 Å². The summed E-state index contributed by atoms with van der Waals surface area (Å²) in [5.41, 5.74) is -0.193. The first-order valence-electron chi connectivity index (χ1n) is 9.60. The van der Waals surface area contributed by atoms with E-state index in [9.17, 15) is 19.6 Å². The van der Waals surface area contributed by atoms with E-state index in [0.29, 0.717) is 5.56 Å². The molecule has 1 unspecified atom stereocenters. The molecule has 0 aliphatic rings. The highest BCUT2D eigenvalue weighted by Crippen LogP contribution is 2.29. The lowest BCUT2D eigenvalue weighted by atomic mass is 10.0. The number of nitroso groups, excluding NO2 is 1. The number of carbonyl (C=O) groups excluding carboxylic acids is 2. The Kier molecular flexibility index (Phi) is 11.1. The van der Waals surface area contributed by atoms with Crippen LogP contribution in [0.1, 0.15) is 76.9 Å². The molecule has 0 radical (unpaired) electrons. The van der Waals surface area contributed by atoms with Crippen LogP contribution >= 0.6 is 0 Å². The number of hydrogen-bond donors (Lipinski definition) is 1. The van der Waals surface area contributed by atoms with Crippen LogP contribution < -0.4 is 0 Å². The summed E-state index contributed by atoms with van der Waals surface area (Å²) in [7, 11) is 1.71. The van der Waals surface area contributed by atoms with Crippen molar-refractivity contribution < 1.29 is 24.2 Å². The van der Waals surface area contributed by atoms with Crippen molar-refractivity contribution in [1.29, 1.82) is 0 Å². The van der Waals surface area contributed by atoms with Crippen molar-refractivity contribution in [3.8, 4) is 5.75 Å². The van der Waals surface area contributed by atoms with Crippen molar-refractivity contribution >= 4 is 12.0 Å². The number of phenols is 1. The normalized spacial score (nSPS) is 11.9. The largest absolute Gasteiger partial charge is 0.507 e. The zero-order valence-corrected chi connectivity index (χ0v) is 18.7. The number of carbonyl (C=O) groups is 2. The molecule has 0 aliphatic heterocycles. The quantitative estimate of drug-likeness (QED) is 0.658. The molecule has 1 aromatic carbocycles. The van der Waals surface area contributed by atoms with E-state index in [-0.39, 0.29) is 17.4 Å². The van der Waals surface area contributed by atoms with E-state index in [2.05, 4.69) is 12.1 Å². The Hall–Kier alpha value is -2.48.